The SMILES string of the molecule is CC[C@H](C)[C@@H](C(CC(=O)N1CCC[C@H]1[C@H](OC)C(C)C(=O)NC(Cc1ccccc1)C(=O)NC(C)(C)C)OC)N(C)C(=O)[C@@H](NC(=O)C(C(C)C)N(C)C)C(C)C. The fraction of sp³-hybridized carbons (Fsp3) is 0.750. The van der Waals surface area contributed by atoms with E-state index in [1.165, 1.54) is 0 Å². The summed E-state index contributed by atoms with van der Waals surface area (Å²) in [7, 11) is 8.55. The molecule has 5 amide bonds. The van der Waals surface area contributed by atoms with Crippen molar-refractivity contribution in [3.05, 3.63) is 35.9 Å². The van der Waals surface area contributed by atoms with Crippen LogP contribution >= 0.6 is 0 Å². The molecule has 13 nitrogen and oxygen atoms in total. The number of carbonyl (C=O) groups excluding carboxylic acids is 5. The van der Waals surface area contributed by atoms with Gasteiger partial charge in [0.1, 0.15) is 12.1 Å². The summed E-state index contributed by atoms with van der Waals surface area (Å²) in [5, 5.41) is 9.04. The number of rotatable bonds is 21. The monoisotopic (exact) mass is 801 g/mol. The van der Waals surface area contributed by atoms with Crippen LogP contribution < -0.4 is 16.0 Å². The van der Waals surface area contributed by atoms with E-state index in [0.29, 0.717) is 19.4 Å². The van der Waals surface area contributed by atoms with E-state index < -0.39 is 47.8 Å². The highest BCUT2D eigenvalue weighted by atomic mass is 16.5. The van der Waals surface area contributed by atoms with Crippen molar-refractivity contribution in [1.29, 1.82) is 0 Å². The average molecular weight is 801 g/mol. The van der Waals surface area contributed by atoms with Crippen LogP contribution in [0.3, 0.4) is 0 Å². The van der Waals surface area contributed by atoms with E-state index in [4.69, 9.17) is 9.47 Å². The number of hydrogen-bond acceptors (Lipinski definition) is 8. The Labute approximate surface area is 343 Å². The third kappa shape index (κ3) is 14.1. The maximum Gasteiger partial charge on any atom is 0.245 e. The predicted molar refractivity (Wildman–Crippen MR) is 225 cm³/mol. The smallest absolute Gasteiger partial charge is 0.245 e. The number of likely N-dealkylation sites (tertiary alicyclic amines) is 1. The summed E-state index contributed by atoms with van der Waals surface area (Å²) in [5.41, 5.74) is 0.424. The molecule has 3 N–H and O–H groups in total. The quantitative estimate of drug-likeness (QED) is 0.167. The van der Waals surface area contributed by atoms with E-state index in [1.54, 1.807) is 38.0 Å². The van der Waals surface area contributed by atoms with Crippen molar-refractivity contribution in [2.45, 2.75) is 149 Å². The zero-order valence-electron chi connectivity index (χ0n) is 37.7. The molecule has 1 saturated heterocycles. The summed E-state index contributed by atoms with van der Waals surface area (Å²) in [6.45, 7) is 19.8. The zero-order chi connectivity index (χ0) is 43.4. The van der Waals surface area contributed by atoms with Crippen molar-refractivity contribution in [3.63, 3.8) is 0 Å². The van der Waals surface area contributed by atoms with Crippen LogP contribution in [0, 0.1) is 23.7 Å². The van der Waals surface area contributed by atoms with Crippen LogP contribution in [0.15, 0.2) is 30.3 Å². The molecule has 1 fully saturated rings. The Morgan fingerprint density at radius 3 is 1.96 bits per heavy atom. The van der Waals surface area contributed by atoms with E-state index in [2.05, 4.69) is 16.0 Å². The average Bonchev–Trinajstić information content (AvgIpc) is 3.62. The minimum Gasteiger partial charge on any atom is -0.379 e. The second-order valence-corrected chi connectivity index (χ2v) is 18.0. The molecule has 1 aromatic carbocycles. The molecule has 13 heteroatoms. The van der Waals surface area contributed by atoms with E-state index >= 15 is 0 Å². The summed E-state index contributed by atoms with van der Waals surface area (Å²) >= 11 is 0. The van der Waals surface area contributed by atoms with Crippen molar-refractivity contribution in [2.24, 2.45) is 23.7 Å². The predicted octanol–water partition coefficient (Wildman–Crippen LogP) is 4.28. The number of hydrogen-bond donors (Lipinski definition) is 3. The highest BCUT2D eigenvalue weighted by molar-refractivity contribution is 5.91. The summed E-state index contributed by atoms with van der Waals surface area (Å²) in [5.74, 6) is -2.07. The molecule has 1 aliphatic heterocycles. The highest BCUT2D eigenvalue weighted by Gasteiger charge is 2.43. The van der Waals surface area contributed by atoms with Gasteiger partial charge in [-0.25, -0.2) is 0 Å². The van der Waals surface area contributed by atoms with Gasteiger partial charge in [0.05, 0.1) is 42.7 Å². The number of nitrogens with one attached hydrogen (secondary N) is 3. The van der Waals surface area contributed by atoms with Crippen molar-refractivity contribution in [1.82, 2.24) is 30.7 Å². The molecule has 1 aliphatic rings. The molecule has 1 heterocycles. The molecular weight excluding hydrogens is 725 g/mol. The topological polar surface area (TPSA) is 150 Å². The van der Waals surface area contributed by atoms with Crippen molar-refractivity contribution < 1.29 is 33.4 Å². The van der Waals surface area contributed by atoms with E-state index in [1.807, 2.05) is 112 Å². The van der Waals surface area contributed by atoms with Crippen LogP contribution in [0.25, 0.3) is 0 Å². The lowest BCUT2D eigenvalue weighted by molar-refractivity contribution is -0.148. The lowest BCUT2D eigenvalue weighted by Gasteiger charge is -2.41. The molecule has 0 bridgehead atoms. The minimum absolute atomic E-state index is 0.0114. The van der Waals surface area contributed by atoms with Gasteiger partial charge in [0, 0.05) is 39.8 Å². The molecule has 57 heavy (non-hydrogen) atoms. The Morgan fingerprint density at radius 2 is 1.47 bits per heavy atom. The van der Waals surface area contributed by atoms with Crippen LogP contribution in [-0.4, -0.2) is 134 Å². The van der Waals surface area contributed by atoms with Crippen LogP contribution in [0.5, 0.6) is 0 Å². The molecule has 0 aliphatic carbocycles. The number of likely N-dealkylation sites (N-methyl/N-ethyl adjacent to an activating group) is 2. The maximum absolute atomic E-state index is 14.3. The van der Waals surface area contributed by atoms with E-state index in [-0.39, 0.29) is 59.8 Å². The minimum atomic E-state index is -0.812. The van der Waals surface area contributed by atoms with E-state index in [0.717, 1.165) is 18.4 Å². The molecule has 9 atom stereocenters. The number of ether oxygens (including phenoxy) is 2. The van der Waals surface area contributed by atoms with Crippen LogP contribution in [0.2, 0.25) is 0 Å². The fourth-order valence-electron chi connectivity index (χ4n) is 8.23. The Morgan fingerprint density at radius 1 is 0.860 bits per heavy atom. The van der Waals surface area contributed by atoms with Crippen LogP contribution in [0.1, 0.15) is 100 Å². The first-order valence-electron chi connectivity index (χ1n) is 20.8. The zero-order valence-corrected chi connectivity index (χ0v) is 37.7. The standard InChI is InChI=1S/C44H76N6O7/c1-16-29(6)38(49(13)43(55)36(27(2)3)46-42(54)37(28(4)5)48(11)12)34(56-14)26-35(51)50-24-20-23-33(50)39(57-15)30(7)40(52)45-32(41(53)47-44(8,9)10)25-31-21-18-17-19-22-31/h17-19,21-22,27-30,32-34,36-39H,16,20,23-26H2,1-15H3,(H,45,52)(H,46,54)(H,47,53)/t29-,30?,32?,33-,34?,36-,37?,38-,39+/m0/s1. The molecule has 1 aromatic rings. The van der Waals surface area contributed by atoms with Gasteiger partial charge < -0.3 is 35.2 Å². The van der Waals surface area contributed by atoms with Gasteiger partial charge in [0.2, 0.25) is 29.5 Å². The number of benzene rings is 1. The maximum atomic E-state index is 14.3. The highest BCUT2D eigenvalue weighted by Crippen LogP contribution is 2.30. The van der Waals surface area contributed by atoms with Crippen molar-refractivity contribution in [3.8, 4) is 0 Å². The first kappa shape index (κ1) is 49.6. The van der Waals surface area contributed by atoms with Gasteiger partial charge in [-0.15, -0.1) is 0 Å². The summed E-state index contributed by atoms with van der Waals surface area (Å²) in [6.07, 6.45) is 1.16. The van der Waals surface area contributed by atoms with Crippen LogP contribution in [0.4, 0.5) is 0 Å². The van der Waals surface area contributed by atoms with Gasteiger partial charge in [0.15, 0.2) is 0 Å². The van der Waals surface area contributed by atoms with Gasteiger partial charge in [-0.05, 0) is 71.0 Å². The van der Waals surface area contributed by atoms with Gasteiger partial charge in [-0.3, -0.25) is 28.9 Å². The molecule has 0 spiro atoms. The molecule has 0 radical (unpaired) electrons. The molecular formula is C44H76N6O7. The van der Waals surface area contributed by atoms with Crippen molar-refractivity contribution in [2.75, 3.05) is 41.9 Å². The molecule has 0 aromatic heterocycles. The largest absolute Gasteiger partial charge is 0.379 e. The number of methoxy groups -OCH3 is 2. The normalized spacial score (nSPS) is 19.0. The molecule has 0 saturated carbocycles. The lowest BCUT2D eigenvalue weighted by Crippen LogP contribution is -2.59. The van der Waals surface area contributed by atoms with E-state index in [9.17, 15) is 24.0 Å². The first-order valence-corrected chi connectivity index (χ1v) is 20.8. The molecule has 4 unspecified atom stereocenters. The van der Waals surface area contributed by atoms with Gasteiger partial charge in [-0.1, -0.05) is 85.2 Å². The Balaban J connectivity index is 2.32. The second-order valence-electron chi connectivity index (χ2n) is 18.0. The van der Waals surface area contributed by atoms with Gasteiger partial charge in [-0.2, -0.15) is 0 Å². The second kappa shape index (κ2) is 22.6. The van der Waals surface area contributed by atoms with Gasteiger partial charge >= 0.3 is 0 Å². The summed E-state index contributed by atoms with van der Waals surface area (Å²) in [4.78, 5) is 74.7. The number of nitrogens with zero attached hydrogens (tertiary/aromatic N) is 3. The summed E-state index contributed by atoms with van der Waals surface area (Å²) < 4.78 is 12.0. The number of amides is 5. The Kier molecular flexibility index (Phi) is 19.6. The van der Waals surface area contributed by atoms with Gasteiger partial charge in [0.25, 0.3) is 0 Å². The van der Waals surface area contributed by atoms with Crippen molar-refractivity contribution >= 4 is 29.5 Å². The third-order valence-corrected chi connectivity index (χ3v) is 11.4. The number of carbonyl (C=O) groups is 5. The fourth-order valence-corrected chi connectivity index (χ4v) is 8.23. The summed E-state index contributed by atoms with van der Waals surface area (Å²) in [6, 6.07) is 6.72. The Bertz CT molecular complexity index is 1440. The lowest BCUT2D eigenvalue weighted by atomic mass is 9.89. The van der Waals surface area contributed by atoms with Crippen LogP contribution in [-0.2, 0) is 39.9 Å². The first-order chi connectivity index (χ1) is 26.6. The Hall–Kier alpha value is -3.55. The third-order valence-electron chi connectivity index (χ3n) is 11.4. The molecule has 324 valence electrons. The molecule has 2 rings (SSSR count).